The zero-order valence-electron chi connectivity index (χ0n) is 11.1. The van der Waals surface area contributed by atoms with Crippen LogP contribution in [-0.4, -0.2) is 47.4 Å². The van der Waals surface area contributed by atoms with Crippen LogP contribution in [0, 0.1) is 0 Å². The molecule has 0 saturated heterocycles. The van der Waals surface area contributed by atoms with E-state index in [0.717, 1.165) is 0 Å². The summed E-state index contributed by atoms with van der Waals surface area (Å²) in [5, 5.41) is 0. The van der Waals surface area contributed by atoms with Gasteiger partial charge in [0.25, 0.3) is 0 Å². The molecule has 0 amide bonds. The van der Waals surface area contributed by atoms with Gasteiger partial charge in [-0.05, 0) is 0 Å². The molecule has 0 fully saturated rings. The van der Waals surface area contributed by atoms with E-state index in [1.54, 1.807) is 0 Å². The molecule has 0 saturated carbocycles. The zero-order valence-corrected chi connectivity index (χ0v) is 12.5. The van der Waals surface area contributed by atoms with Crippen molar-refractivity contribution >= 4 is 9.24 Å². The standard InChI is InChI=1S/C8H2F17P/c9-1(10,3(13,14)5(17,18)7(21,22)23)2(11,12)4(15,16)6(19,20)8(24,25)26/h26H2/p+1. The van der Waals surface area contributed by atoms with Gasteiger partial charge in [0.1, 0.15) is 0 Å². The highest BCUT2D eigenvalue weighted by Crippen LogP contribution is 2.64. The second-order valence-electron chi connectivity index (χ2n) is 4.65. The number of halogens is 17. The van der Waals surface area contributed by atoms with Crippen molar-refractivity contribution < 1.29 is 74.6 Å². The molecule has 158 valence electrons. The molecule has 0 N–H and O–H groups in total. The Kier molecular flexibility index (Phi) is 5.70. The molecule has 0 aromatic carbocycles. The van der Waals surface area contributed by atoms with Crippen molar-refractivity contribution in [2.45, 2.75) is 47.4 Å². The van der Waals surface area contributed by atoms with Crippen molar-refractivity contribution in [1.82, 2.24) is 0 Å². The van der Waals surface area contributed by atoms with E-state index in [9.17, 15) is 74.6 Å². The maximum atomic E-state index is 12.9. The first-order chi connectivity index (χ1) is 10.8. The Hall–Kier alpha value is -0.760. The summed E-state index contributed by atoms with van der Waals surface area (Å²) in [5.74, 6) is -49.3. The van der Waals surface area contributed by atoms with E-state index in [2.05, 4.69) is 0 Å². The van der Waals surface area contributed by atoms with Crippen molar-refractivity contribution in [1.29, 1.82) is 0 Å². The topological polar surface area (TPSA) is 0 Å². The second-order valence-corrected chi connectivity index (χ2v) is 5.54. The average Bonchev–Trinajstić information content (AvgIpc) is 2.34. The maximum Gasteiger partial charge on any atom is 0.460 e. The lowest BCUT2D eigenvalue weighted by molar-refractivity contribution is -0.458. The Morgan fingerprint density at radius 1 is 0.308 bits per heavy atom. The summed E-state index contributed by atoms with van der Waals surface area (Å²) in [4.78, 5) is 0. The van der Waals surface area contributed by atoms with Gasteiger partial charge in [-0.15, -0.1) is 0 Å². The molecule has 0 aromatic rings. The monoisotopic (exact) mass is 453 g/mol. The van der Waals surface area contributed by atoms with E-state index < -0.39 is 56.6 Å². The Balaban J connectivity index is 6.61. The molecule has 0 heterocycles. The maximum absolute atomic E-state index is 12.9. The SMILES string of the molecule is FC(F)(F)C(F)(F)C(F)(F)C(F)(F)C(F)(F)C(F)(F)C(F)(F)C(F)(F)[PH3+]. The summed E-state index contributed by atoms with van der Waals surface area (Å²) < 4.78 is 213. The largest absolute Gasteiger partial charge is 0.460 e. The first-order valence-corrected chi connectivity index (χ1v) is 6.02. The lowest BCUT2D eigenvalue weighted by Crippen LogP contribution is -2.74. The summed E-state index contributed by atoms with van der Waals surface area (Å²) in [5.41, 5.74) is -6.28. The van der Waals surface area contributed by atoms with Crippen LogP contribution in [0.15, 0.2) is 0 Å². The van der Waals surface area contributed by atoms with Gasteiger partial charge >= 0.3 is 47.4 Å². The van der Waals surface area contributed by atoms with E-state index >= 15 is 0 Å². The van der Waals surface area contributed by atoms with E-state index in [1.165, 1.54) is 0 Å². The molecule has 1 unspecified atom stereocenters. The van der Waals surface area contributed by atoms with Crippen molar-refractivity contribution in [3.05, 3.63) is 0 Å². The fraction of sp³-hybridized carbons (Fsp3) is 1.00. The molecule has 0 aliphatic rings. The fourth-order valence-corrected chi connectivity index (χ4v) is 1.42. The van der Waals surface area contributed by atoms with Crippen LogP contribution in [0.2, 0.25) is 0 Å². The van der Waals surface area contributed by atoms with Crippen molar-refractivity contribution in [2.75, 3.05) is 0 Å². The first kappa shape index (κ1) is 25.2. The van der Waals surface area contributed by atoms with Crippen LogP contribution in [0.1, 0.15) is 0 Å². The van der Waals surface area contributed by atoms with E-state index in [1.807, 2.05) is 0 Å². The molecule has 0 rings (SSSR count). The lowest BCUT2D eigenvalue weighted by atomic mass is 9.91. The Morgan fingerprint density at radius 2 is 0.500 bits per heavy atom. The summed E-state index contributed by atoms with van der Waals surface area (Å²) >= 11 is 0. The minimum atomic E-state index is -8.56. The molecular weight excluding hydrogens is 450 g/mol. The van der Waals surface area contributed by atoms with Gasteiger partial charge in [0.05, 0.1) is 9.24 Å². The highest BCUT2D eigenvalue weighted by Gasteiger charge is 2.95. The summed E-state index contributed by atoms with van der Waals surface area (Å²) in [6.45, 7) is 0. The molecule has 0 aromatic heterocycles. The molecule has 0 aliphatic heterocycles. The summed E-state index contributed by atoms with van der Waals surface area (Å²) in [6.07, 6.45) is -7.73. The normalized spacial score (nSPS) is 17.0. The van der Waals surface area contributed by atoms with Crippen LogP contribution in [-0.2, 0) is 0 Å². The first-order valence-electron chi connectivity index (χ1n) is 5.32. The summed E-state index contributed by atoms with van der Waals surface area (Å²) in [7, 11) is -1.49. The number of rotatable bonds is 6. The molecule has 1 atom stereocenters. The predicted molar refractivity (Wildman–Crippen MR) is 51.8 cm³/mol. The average molecular weight is 453 g/mol. The molecule has 26 heavy (non-hydrogen) atoms. The third-order valence-electron chi connectivity index (χ3n) is 2.79. The molecule has 0 bridgehead atoms. The van der Waals surface area contributed by atoms with Gasteiger partial charge < -0.3 is 0 Å². The smallest absolute Gasteiger partial charge is 0.192 e. The number of hydrogen-bond donors (Lipinski definition) is 0. The second kappa shape index (κ2) is 5.87. The van der Waals surface area contributed by atoms with E-state index in [4.69, 9.17) is 0 Å². The van der Waals surface area contributed by atoms with Gasteiger partial charge in [0, 0.05) is 0 Å². The van der Waals surface area contributed by atoms with Crippen LogP contribution >= 0.6 is 9.24 Å². The molecular formula is C8H3F17P+. The van der Waals surface area contributed by atoms with Crippen LogP contribution in [0.5, 0.6) is 0 Å². The van der Waals surface area contributed by atoms with E-state index in [0.29, 0.717) is 0 Å². The van der Waals surface area contributed by atoms with Gasteiger partial charge in [-0.3, -0.25) is 0 Å². The van der Waals surface area contributed by atoms with Crippen LogP contribution in [0.4, 0.5) is 74.6 Å². The van der Waals surface area contributed by atoms with E-state index in [-0.39, 0.29) is 0 Å². The molecule has 0 spiro atoms. The highest BCUT2D eigenvalue weighted by atomic mass is 31.0. The molecule has 0 nitrogen and oxygen atoms in total. The van der Waals surface area contributed by atoms with Crippen molar-refractivity contribution in [2.24, 2.45) is 0 Å². The highest BCUT2D eigenvalue weighted by molar-refractivity contribution is 7.18. The van der Waals surface area contributed by atoms with Crippen LogP contribution < -0.4 is 0 Å². The third kappa shape index (κ3) is 2.97. The van der Waals surface area contributed by atoms with Crippen LogP contribution in [0.3, 0.4) is 0 Å². The van der Waals surface area contributed by atoms with Gasteiger partial charge in [-0.1, -0.05) is 0 Å². The molecule has 18 heteroatoms. The predicted octanol–water partition coefficient (Wildman–Crippen LogP) is 5.56. The van der Waals surface area contributed by atoms with Crippen molar-refractivity contribution in [3.8, 4) is 0 Å². The molecule has 0 radical (unpaired) electrons. The Bertz CT molecular complexity index is 474. The number of hydrogen-bond acceptors (Lipinski definition) is 0. The third-order valence-corrected chi connectivity index (χ3v) is 3.23. The number of alkyl halides is 17. The Labute approximate surface area is 132 Å². The fourth-order valence-electron chi connectivity index (χ4n) is 1.20. The lowest BCUT2D eigenvalue weighted by Gasteiger charge is -2.41. The quantitative estimate of drug-likeness (QED) is 0.365. The van der Waals surface area contributed by atoms with Crippen molar-refractivity contribution in [3.63, 3.8) is 0 Å². The minimum Gasteiger partial charge on any atom is -0.192 e. The van der Waals surface area contributed by atoms with Crippen LogP contribution in [0.25, 0.3) is 0 Å². The van der Waals surface area contributed by atoms with Gasteiger partial charge in [-0.2, -0.15) is 74.6 Å². The van der Waals surface area contributed by atoms with Gasteiger partial charge in [-0.25, -0.2) is 0 Å². The van der Waals surface area contributed by atoms with Gasteiger partial charge in [0.15, 0.2) is 0 Å². The molecule has 0 aliphatic carbocycles. The summed E-state index contributed by atoms with van der Waals surface area (Å²) in [6, 6.07) is 0. The minimum absolute atomic E-state index is 1.49. The van der Waals surface area contributed by atoms with Gasteiger partial charge in [0.2, 0.25) is 0 Å². The zero-order chi connectivity index (χ0) is 22.0. The Morgan fingerprint density at radius 3 is 0.692 bits per heavy atom.